The van der Waals surface area contributed by atoms with Crippen LogP contribution in [-0.2, 0) is 14.3 Å². The van der Waals surface area contributed by atoms with Crippen molar-refractivity contribution < 1.29 is 23.8 Å². The Hall–Kier alpha value is -2.28. The van der Waals surface area contributed by atoms with Crippen LogP contribution in [0.2, 0.25) is 0 Å². The number of benzene rings is 1. The Labute approximate surface area is 173 Å². The van der Waals surface area contributed by atoms with Gasteiger partial charge in [-0.25, -0.2) is 4.79 Å². The van der Waals surface area contributed by atoms with Crippen LogP contribution in [0.3, 0.4) is 0 Å². The molecule has 1 heterocycles. The number of hydrogen-bond acceptors (Lipinski definition) is 5. The standard InChI is InChI=1S/C22H34N2O5/c1-22(2,3)29-21(26)23(4)15-18-9-8-12-24(16-18)20(25)17-27-13-14-28-19-10-6-5-7-11-19/h5-7,10-11,18H,8-9,12-17H2,1-4H3. The number of ether oxygens (including phenoxy) is 3. The Kier molecular flexibility index (Phi) is 8.76. The summed E-state index contributed by atoms with van der Waals surface area (Å²) in [5, 5.41) is 0. The Balaban J connectivity index is 1.67. The number of para-hydroxylation sites is 1. The van der Waals surface area contributed by atoms with Crippen LogP contribution in [0.15, 0.2) is 30.3 Å². The normalized spacial score (nSPS) is 17.0. The van der Waals surface area contributed by atoms with Crippen LogP contribution in [0.25, 0.3) is 0 Å². The van der Waals surface area contributed by atoms with Crippen molar-refractivity contribution in [3.05, 3.63) is 30.3 Å². The fourth-order valence-electron chi connectivity index (χ4n) is 3.23. The predicted molar refractivity (Wildman–Crippen MR) is 111 cm³/mol. The van der Waals surface area contributed by atoms with Crippen molar-refractivity contribution in [3.63, 3.8) is 0 Å². The lowest BCUT2D eigenvalue weighted by atomic mass is 9.97. The second-order valence-corrected chi connectivity index (χ2v) is 8.42. The van der Waals surface area contributed by atoms with E-state index in [-0.39, 0.29) is 24.5 Å². The van der Waals surface area contributed by atoms with Crippen LogP contribution >= 0.6 is 0 Å². The van der Waals surface area contributed by atoms with Crippen LogP contribution in [0, 0.1) is 5.92 Å². The minimum Gasteiger partial charge on any atom is -0.491 e. The van der Waals surface area contributed by atoms with E-state index in [1.165, 1.54) is 0 Å². The van der Waals surface area contributed by atoms with Crippen LogP contribution in [0.5, 0.6) is 5.75 Å². The van der Waals surface area contributed by atoms with Crippen molar-refractivity contribution in [1.29, 1.82) is 0 Å². The lowest BCUT2D eigenvalue weighted by Gasteiger charge is -2.35. The summed E-state index contributed by atoms with van der Waals surface area (Å²) < 4.78 is 16.4. The summed E-state index contributed by atoms with van der Waals surface area (Å²) >= 11 is 0. The molecule has 2 rings (SSSR count). The largest absolute Gasteiger partial charge is 0.491 e. The van der Waals surface area contributed by atoms with Gasteiger partial charge in [0.15, 0.2) is 0 Å². The third-order valence-electron chi connectivity index (χ3n) is 4.57. The molecule has 0 aromatic heterocycles. The number of piperidine rings is 1. The first-order chi connectivity index (χ1) is 13.7. The first-order valence-corrected chi connectivity index (χ1v) is 10.2. The number of rotatable bonds is 8. The van der Waals surface area contributed by atoms with Gasteiger partial charge in [-0.15, -0.1) is 0 Å². The highest BCUT2D eigenvalue weighted by Crippen LogP contribution is 2.19. The van der Waals surface area contributed by atoms with Crippen LogP contribution in [0.4, 0.5) is 4.79 Å². The zero-order chi connectivity index (χ0) is 21.3. The highest BCUT2D eigenvalue weighted by molar-refractivity contribution is 5.77. The summed E-state index contributed by atoms with van der Waals surface area (Å²) in [5.41, 5.74) is -0.512. The fraction of sp³-hybridized carbons (Fsp3) is 0.636. The van der Waals surface area contributed by atoms with Gasteiger partial charge in [-0.2, -0.15) is 0 Å². The maximum absolute atomic E-state index is 12.4. The van der Waals surface area contributed by atoms with E-state index in [1.807, 2.05) is 56.0 Å². The van der Waals surface area contributed by atoms with E-state index in [4.69, 9.17) is 14.2 Å². The molecule has 1 aromatic carbocycles. The Morgan fingerprint density at radius 2 is 1.90 bits per heavy atom. The number of carbonyl (C=O) groups is 2. The zero-order valence-electron chi connectivity index (χ0n) is 18.1. The molecule has 7 heteroatoms. The van der Waals surface area contributed by atoms with E-state index >= 15 is 0 Å². The van der Waals surface area contributed by atoms with Gasteiger partial charge in [0.25, 0.3) is 0 Å². The summed E-state index contributed by atoms with van der Waals surface area (Å²) in [6.45, 7) is 8.31. The number of nitrogens with zero attached hydrogens (tertiary/aromatic N) is 2. The molecular formula is C22H34N2O5. The molecule has 1 saturated heterocycles. The molecule has 162 valence electrons. The molecule has 0 aliphatic carbocycles. The lowest BCUT2D eigenvalue weighted by Crippen LogP contribution is -2.46. The highest BCUT2D eigenvalue weighted by atomic mass is 16.6. The average Bonchev–Trinajstić information content (AvgIpc) is 2.67. The average molecular weight is 407 g/mol. The van der Waals surface area contributed by atoms with Gasteiger partial charge in [0.1, 0.15) is 24.6 Å². The monoisotopic (exact) mass is 406 g/mol. The molecule has 29 heavy (non-hydrogen) atoms. The minimum atomic E-state index is -0.512. The Morgan fingerprint density at radius 3 is 2.59 bits per heavy atom. The van der Waals surface area contributed by atoms with E-state index in [2.05, 4.69) is 0 Å². The van der Waals surface area contributed by atoms with Gasteiger partial charge in [0.05, 0.1) is 6.61 Å². The zero-order valence-corrected chi connectivity index (χ0v) is 18.1. The molecule has 0 N–H and O–H groups in total. The van der Waals surface area contributed by atoms with Gasteiger partial charge in [0, 0.05) is 26.7 Å². The van der Waals surface area contributed by atoms with Crippen molar-refractivity contribution in [3.8, 4) is 5.75 Å². The van der Waals surface area contributed by atoms with Crippen LogP contribution in [0.1, 0.15) is 33.6 Å². The summed E-state index contributed by atoms with van der Waals surface area (Å²) in [4.78, 5) is 28.0. The second-order valence-electron chi connectivity index (χ2n) is 8.42. The number of hydrogen-bond donors (Lipinski definition) is 0. The van der Waals surface area contributed by atoms with E-state index < -0.39 is 5.60 Å². The SMILES string of the molecule is CN(CC1CCCN(C(=O)COCCOc2ccccc2)C1)C(=O)OC(C)(C)C. The second kappa shape index (κ2) is 11.0. The number of amides is 2. The molecule has 0 bridgehead atoms. The van der Waals surface area contributed by atoms with Crippen molar-refractivity contribution in [2.75, 3.05) is 46.5 Å². The van der Waals surface area contributed by atoms with Crippen molar-refractivity contribution in [2.45, 2.75) is 39.2 Å². The maximum atomic E-state index is 12.4. The molecule has 0 radical (unpaired) electrons. The summed E-state index contributed by atoms with van der Waals surface area (Å²) in [7, 11) is 1.74. The molecule has 0 spiro atoms. The van der Waals surface area contributed by atoms with Crippen molar-refractivity contribution in [1.82, 2.24) is 9.80 Å². The van der Waals surface area contributed by atoms with Crippen LogP contribution < -0.4 is 4.74 Å². The van der Waals surface area contributed by atoms with Gasteiger partial charge >= 0.3 is 6.09 Å². The van der Waals surface area contributed by atoms with Crippen molar-refractivity contribution in [2.24, 2.45) is 5.92 Å². The third-order valence-corrected chi connectivity index (χ3v) is 4.57. The quantitative estimate of drug-likeness (QED) is 0.620. The fourth-order valence-corrected chi connectivity index (χ4v) is 3.23. The molecule has 1 atom stereocenters. The topological polar surface area (TPSA) is 68.3 Å². The molecule has 1 aliphatic rings. The smallest absolute Gasteiger partial charge is 0.410 e. The summed E-state index contributed by atoms with van der Waals surface area (Å²) in [6.07, 6.45) is 1.58. The van der Waals surface area contributed by atoms with Gasteiger partial charge in [-0.05, 0) is 51.7 Å². The first kappa shape index (κ1) is 23.0. The van der Waals surface area contributed by atoms with E-state index in [1.54, 1.807) is 11.9 Å². The van der Waals surface area contributed by atoms with Gasteiger partial charge in [0.2, 0.25) is 5.91 Å². The third kappa shape index (κ3) is 8.73. The molecule has 1 fully saturated rings. The van der Waals surface area contributed by atoms with Gasteiger partial charge in [-0.3, -0.25) is 4.79 Å². The minimum absolute atomic E-state index is 0.0191. The predicted octanol–water partition coefficient (Wildman–Crippen LogP) is 3.19. The van der Waals surface area contributed by atoms with Gasteiger partial charge < -0.3 is 24.0 Å². The summed E-state index contributed by atoms with van der Waals surface area (Å²) in [6, 6.07) is 9.51. The molecule has 1 aliphatic heterocycles. The Bertz CT molecular complexity index is 644. The number of likely N-dealkylation sites (tertiary alicyclic amines) is 1. The molecule has 1 aromatic rings. The summed E-state index contributed by atoms with van der Waals surface area (Å²) in [5.74, 6) is 1.01. The van der Waals surface area contributed by atoms with E-state index in [0.717, 1.165) is 25.1 Å². The molecule has 2 amide bonds. The first-order valence-electron chi connectivity index (χ1n) is 10.2. The Morgan fingerprint density at radius 1 is 1.17 bits per heavy atom. The molecular weight excluding hydrogens is 372 g/mol. The molecule has 1 unspecified atom stereocenters. The molecule has 7 nitrogen and oxygen atoms in total. The maximum Gasteiger partial charge on any atom is 0.410 e. The van der Waals surface area contributed by atoms with Gasteiger partial charge in [-0.1, -0.05) is 18.2 Å². The number of carbonyl (C=O) groups excluding carboxylic acids is 2. The van der Waals surface area contributed by atoms with E-state index in [9.17, 15) is 9.59 Å². The molecule has 0 saturated carbocycles. The van der Waals surface area contributed by atoms with Crippen molar-refractivity contribution >= 4 is 12.0 Å². The van der Waals surface area contributed by atoms with Crippen LogP contribution in [-0.4, -0.2) is 73.9 Å². The lowest BCUT2D eigenvalue weighted by molar-refractivity contribution is -0.138. The highest BCUT2D eigenvalue weighted by Gasteiger charge is 2.27. The van der Waals surface area contributed by atoms with E-state index in [0.29, 0.717) is 26.3 Å².